The van der Waals surface area contributed by atoms with Gasteiger partial charge in [0.05, 0.1) is 18.9 Å². The van der Waals surface area contributed by atoms with Crippen molar-refractivity contribution in [2.45, 2.75) is 18.4 Å². The van der Waals surface area contributed by atoms with Crippen molar-refractivity contribution in [2.24, 2.45) is 0 Å². The van der Waals surface area contributed by atoms with Crippen LogP contribution in [-0.2, 0) is 11.3 Å². The fraction of sp³-hybridized carbons (Fsp3) is 0.350. The first-order valence-electron chi connectivity index (χ1n) is 8.68. The van der Waals surface area contributed by atoms with Gasteiger partial charge in [-0.3, -0.25) is 9.69 Å². The van der Waals surface area contributed by atoms with Gasteiger partial charge in [0.1, 0.15) is 0 Å². The average molecular weight is 356 g/mol. The Morgan fingerprint density at radius 2 is 1.84 bits per heavy atom. The van der Waals surface area contributed by atoms with E-state index in [0.29, 0.717) is 5.56 Å². The number of hydrogen-bond acceptors (Lipinski definition) is 4. The summed E-state index contributed by atoms with van der Waals surface area (Å²) in [6.07, 6.45) is 0. The van der Waals surface area contributed by atoms with Gasteiger partial charge in [0.2, 0.25) is 0 Å². The number of rotatable bonds is 6. The number of nitrogens with zero attached hydrogens (tertiary/aromatic N) is 1. The molecule has 2 aromatic rings. The van der Waals surface area contributed by atoms with Gasteiger partial charge in [0, 0.05) is 30.1 Å². The topological polar surface area (TPSA) is 41.6 Å². The van der Waals surface area contributed by atoms with E-state index in [-0.39, 0.29) is 5.91 Å². The van der Waals surface area contributed by atoms with Crippen LogP contribution in [0.25, 0.3) is 0 Å². The Balaban J connectivity index is 1.62. The van der Waals surface area contributed by atoms with Crippen molar-refractivity contribution < 1.29 is 9.53 Å². The molecule has 1 fully saturated rings. The molecule has 3 rings (SSSR count). The summed E-state index contributed by atoms with van der Waals surface area (Å²) in [5.74, 6) is 0.908. The van der Waals surface area contributed by atoms with E-state index in [2.05, 4.69) is 17.1 Å². The van der Waals surface area contributed by atoms with E-state index in [0.717, 1.165) is 49.2 Å². The molecule has 0 unspecified atom stereocenters. The van der Waals surface area contributed by atoms with Crippen molar-refractivity contribution in [1.82, 2.24) is 4.90 Å². The van der Waals surface area contributed by atoms with Gasteiger partial charge in [-0.1, -0.05) is 31.2 Å². The Labute approximate surface area is 153 Å². The second kappa shape index (κ2) is 9.04. The SMILES string of the molecule is CCSc1ccccc1NC(=O)c1ccc(CN2CCOCC2)cc1. The van der Waals surface area contributed by atoms with Gasteiger partial charge in [0.25, 0.3) is 5.91 Å². The number of amides is 1. The maximum Gasteiger partial charge on any atom is 0.255 e. The van der Waals surface area contributed by atoms with E-state index < -0.39 is 0 Å². The number of anilines is 1. The van der Waals surface area contributed by atoms with Crippen molar-refractivity contribution in [1.29, 1.82) is 0 Å². The molecule has 1 aliphatic rings. The molecule has 0 radical (unpaired) electrons. The molecule has 0 spiro atoms. The Hall–Kier alpha value is -1.82. The fourth-order valence-electron chi connectivity index (χ4n) is 2.82. The van der Waals surface area contributed by atoms with E-state index in [1.807, 2.05) is 48.5 Å². The average Bonchev–Trinajstić information content (AvgIpc) is 2.65. The molecular weight excluding hydrogens is 332 g/mol. The van der Waals surface area contributed by atoms with Gasteiger partial charge < -0.3 is 10.1 Å². The second-order valence-electron chi connectivity index (χ2n) is 5.97. The number of carbonyl (C=O) groups is 1. The Morgan fingerprint density at radius 1 is 1.12 bits per heavy atom. The number of nitrogens with one attached hydrogen (secondary N) is 1. The molecule has 0 aromatic heterocycles. The molecule has 1 heterocycles. The van der Waals surface area contributed by atoms with Crippen LogP contribution in [0.15, 0.2) is 53.4 Å². The molecule has 1 amide bonds. The van der Waals surface area contributed by atoms with Crippen LogP contribution in [0.5, 0.6) is 0 Å². The predicted octanol–water partition coefficient (Wildman–Crippen LogP) is 3.88. The maximum atomic E-state index is 12.5. The molecular formula is C20H24N2O2S. The van der Waals surface area contributed by atoms with E-state index >= 15 is 0 Å². The highest BCUT2D eigenvalue weighted by molar-refractivity contribution is 7.99. The zero-order valence-electron chi connectivity index (χ0n) is 14.5. The number of hydrogen-bond donors (Lipinski definition) is 1. The van der Waals surface area contributed by atoms with Crippen LogP contribution in [0.3, 0.4) is 0 Å². The molecule has 0 bridgehead atoms. The fourth-order valence-corrected chi connectivity index (χ4v) is 3.59. The van der Waals surface area contributed by atoms with Crippen LogP contribution in [0, 0.1) is 0 Å². The third kappa shape index (κ3) is 5.08. The van der Waals surface area contributed by atoms with Crippen molar-refractivity contribution in [3.05, 3.63) is 59.7 Å². The van der Waals surface area contributed by atoms with E-state index in [1.54, 1.807) is 11.8 Å². The lowest BCUT2D eigenvalue weighted by Gasteiger charge is -2.26. The largest absolute Gasteiger partial charge is 0.379 e. The van der Waals surface area contributed by atoms with Crippen molar-refractivity contribution in [2.75, 3.05) is 37.4 Å². The minimum Gasteiger partial charge on any atom is -0.379 e. The molecule has 1 N–H and O–H groups in total. The first kappa shape index (κ1) is 18.0. The van der Waals surface area contributed by atoms with Crippen molar-refractivity contribution in [3.63, 3.8) is 0 Å². The van der Waals surface area contributed by atoms with E-state index in [9.17, 15) is 4.79 Å². The molecule has 1 aliphatic heterocycles. The standard InChI is InChI=1S/C20H24N2O2S/c1-2-25-19-6-4-3-5-18(19)21-20(23)17-9-7-16(8-10-17)15-22-11-13-24-14-12-22/h3-10H,2,11-15H2,1H3,(H,21,23). The minimum atomic E-state index is -0.0675. The maximum absolute atomic E-state index is 12.5. The lowest BCUT2D eigenvalue weighted by atomic mass is 10.1. The number of morpholine rings is 1. The van der Waals surface area contributed by atoms with E-state index in [4.69, 9.17) is 4.74 Å². The van der Waals surface area contributed by atoms with Gasteiger partial charge >= 0.3 is 0 Å². The molecule has 132 valence electrons. The number of benzene rings is 2. The van der Waals surface area contributed by atoms with Crippen molar-refractivity contribution >= 4 is 23.4 Å². The normalized spacial score (nSPS) is 15.1. The molecule has 0 atom stereocenters. The summed E-state index contributed by atoms with van der Waals surface area (Å²) in [4.78, 5) is 16.0. The first-order chi connectivity index (χ1) is 12.3. The Morgan fingerprint density at radius 3 is 2.56 bits per heavy atom. The second-order valence-corrected chi connectivity index (χ2v) is 7.27. The quantitative estimate of drug-likeness (QED) is 0.798. The zero-order valence-corrected chi connectivity index (χ0v) is 15.3. The van der Waals surface area contributed by atoms with Gasteiger partial charge in [-0.15, -0.1) is 11.8 Å². The number of para-hydroxylation sites is 1. The van der Waals surface area contributed by atoms with Crippen LogP contribution < -0.4 is 5.32 Å². The number of ether oxygens (including phenoxy) is 1. The van der Waals surface area contributed by atoms with Gasteiger partial charge in [-0.05, 0) is 35.6 Å². The zero-order chi connectivity index (χ0) is 17.5. The van der Waals surface area contributed by atoms with Gasteiger partial charge in [-0.2, -0.15) is 0 Å². The van der Waals surface area contributed by atoms with Crippen LogP contribution >= 0.6 is 11.8 Å². The highest BCUT2D eigenvalue weighted by atomic mass is 32.2. The summed E-state index contributed by atoms with van der Waals surface area (Å²) < 4.78 is 5.38. The lowest BCUT2D eigenvalue weighted by Crippen LogP contribution is -2.35. The molecule has 0 aliphatic carbocycles. The molecule has 25 heavy (non-hydrogen) atoms. The third-order valence-electron chi connectivity index (χ3n) is 4.16. The van der Waals surface area contributed by atoms with Crippen LogP contribution in [0.2, 0.25) is 0 Å². The highest BCUT2D eigenvalue weighted by Gasteiger charge is 2.12. The summed E-state index contributed by atoms with van der Waals surface area (Å²) in [6, 6.07) is 15.8. The van der Waals surface area contributed by atoms with Gasteiger partial charge in [0.15, 0.2) is 0 Å². The summed E-state index contributed by atoms with van der Waals surface area (Å²) in [6.45, 7) is 6.55. The summed E-state index contributed by atoms with van der Waals surface area (Å²) >= 11 is 1.73. The Bertz CT molecular complexity index is 697. The molecule has 0 saturated carbocycles. The first-order valence-corrected chi connectivity index (χ1v) is 9.67. The summed E-state index contributed by atoms with van der Waals surface area (Å²) in [5, 5.41) is 3.03. The Kier molecular flexibility index (Phi) is 6.50. The smallest absolute Gasteiger partial charge is 0.255 e. The summed E-state index contributed by atoms with van der Waals surface area (Å²) in [5.41, 5.74) is 2.78. The van der Waals surface area contributed by atoms with E-state index in [1.165, 1.54) is 5.56 Å². The molecule has 4 nitrogen and oxygen atoms in total. The van der Waals surface area contributed by atoms with Crippen LogP contribution in [0.1, 0.15) is 22.8 Å². The van der Waals surface area contributed by atoms with Crippen LogP contribution in [-0.4, -0.2) is 42.9 Å². The minimum absolute atomic E-state index is 0.0675. The molecule has 1 saturated heterocycles. The lowest BCUT2D eigenvalue weighted by molar-refractivity contribution is 0.0342. The van der Waals surface area contributed by atoms with Gasteiger partial charge in [-0.25, -0.2) is 0 Å². The van der Waals surface area contributed by atoms with Crippen LogP contribution in [0.4, 0.5) is 5.69 Å². The molecule has 5 heteroatoms. The third-order valence-corrected chi connectivity index (χ3v) is 5.12. The predicted molar refractivity (Wildman–Crippen MR) is 103 cm³/mol. The monoisotopic (exact) mass is 356 g/mol. The number of carbonyl (C=O) groups excluding carboxylic acids is 1. The number of thioether (sulfide) groups is 1. The molecule has 2 aromatic carbocycles. The van der Waals surface area contributed by atoms with Crippen molar-refractivity contribution in [3.8, 4) is 0 Å². The highest BCUT2D eigenvalue weighted by Crippen LogP contribution is 2.27. The summed E-state index contributed by atoms with van der Waals surface area (Å²) in [7, 11) is 0.